The fourth-order valence-corrected chi connectivity index (χ4v) is 9.40. The molecule has 4 heterocycles. The van der Waals surface area contributed by atoms with Gasteiger partial charge in [-0.25, -0.2) is 19.9 Å². The van der Waals surface area contributed by atoms with Crippen LogP contribution in [0.25, 0.3) is 122 Å². The van der Waals surface area contributed by atoms with E-state index >= 15 is 0 Å². The van der Waals surface area contributed by atoms with Gasteiger partial charge in [-0.2, -0.15) is 0 Å². The monoisotopic (exact) mass is 764 g/mol. The van der Waals surface area contributed by atoms with Crippen LogP contribution in [-0.2, 0) is 0 Å². The van der Waals surface area contributed by atoms with Crippen LogP contribution in [0.15, 0.2) is 194 Å². The normalized spacial score (nSPS) is 12.0. The molecule has 0 saturated heterocycles. The summed E-state index contributed by atoms with van der Waals surface area (Å²) in [5.74, 6) is 1.30. The summed E-state index contributed by atoms with van der Waals surface area (Å²) >= 11 is 0. The zero-order chi connectivity index (χ0) is 39.3. The molecule has 0 aliphatic carbocycles. The highest BCUT2D eigenvalue weighted by atomic mass is 15.2. The van der Waals surface area contributed by atoms with E-state index in [1.807, 2.05) is 24.3 Å². The Morgan fingerprint density at radius 3 is 1.50 bits per heavy atom. The highest BCUT2D eigenvalue weighted by Crippen LogP contribution is 2.43. The van der Waals surface area contributed by atoms with Crippen LogP contribution in [0.5, 0.6) is 0 Å². The van der Waals surface area contributed by atoms with E-state index in [2.05, 4.69) is 179 Å². The fourth-order valence-electron chi connectivity index (χ4n) is 9.40. The minimum Gasteiger partial charge on any atom is -0.278 e. The van der Waals surface area contributed by atoms with Gasteiger partial charge < -0.3 is 0 Å². The minimum absolute atomic E-state index is 0.646. The molecule has 0 amide bonds. The molecule has 9 aromatic carbocycles. The van der Waals surface area contributed by atoms with Crippen molar-refractivity contribution in [2.45, 2.75) is 0 Å². The summed E-state index contributed by atoms with van der Waals surface area (Å²) in [5, 5.41) is 9.14. The van der Waals surface area contributed by atoms with E-state index in [1.54, 1.807) is 0 Å². The van der Waals surface area contributed by atoms with Gasteiger partial charge in [0.15, 0.2) is 0 Å². The molecule has 60 heavy (non-hydrogen) atoms. The molecule has 0 aliphatic heterocycles. The van der Waals surface area contributed by atoms with Gasteiger partial charge in [0.2, 0.25) is 11.9 Å². The maximum atomic E-state index is 5.36. The van der Waals surface area contributed by atoms with Crippen LogP contribution in [-0.4, -0.2) is 29.1 Å². The van der Waals surface area contributed by atoms with Gasteiger partial charge in [-0.1, -0.05) is 146 Å². The molecule has 6 heteroatoms. The van der Waals surface area contributed by atoms with Crippen molar-refractivity contribution >= 4 is 76.2 Å². The van der Waals surface area contributed by atoms with Crippen LogP contribution in [0.1, 0.15) is 0 Å². The van der Waals surface area contributed by atoms with Gasteiger partial charge in [-0.15, -0.1) is 0 Å². The van der Waals surface area contributed by atoms with E-state index in [0.717, 1.165) is 88.3 Å². The lowest BCUT2D eigenvalue weighted by Crippen LogP contribution is -2.03. The molecule has 13 aromatic rings. The first-order chi connectivity index (χ1) is 29.7. The molecule has 278 valence electrons. The molecule has 13 rings (SSSR count). The quantitative estimate of drug-likeness (QED) is 0.164. The molecule has 0 radical (unpaired) electrons. The van der Waals surface area contributed by atoms with E-state index < -0.39 is 0 Å². The second-order valence-electron chi connectivity index (χ2n) is 15.5. The SMILES string of the molecule is c1ccc(-c2nc(-n3c4ccccc4c4cc(-c5cc6ccc7cccc8c7c6c(c5)n8-c5nc(-c6ccccc6)c6ccccc6n5)ccc43)nc3ccccc23)cc1. The lowest BCUT2D eigenvalue weighted by molar-refractivity contribution is 1.01. The van der Waals surface area contributed by atoms with Crippen molar-refractivity contribution in [2.24, 2.45) is 0 Å². The van der Waals surface area contributed by atoms with Crippen molar-refractivity contribution in [3.63, 3.8) is 0 Å². The zero-order valence-corrected chi connectivity index (χ0v) is 32.2. The highest BCUT2D eigenvalue weighted by Gasteiger charge is 2.22. The molecule has 0 aliphatic rings. The van der Waals surface area contributed by atoms with E-state index in [4.69, 9.17) is 19.9 Å². The number of hydrogen-bond acceptors (Lipinski definition) is 4. The highest BCUT2D eigenvalue weighted by molar-refractivity contribution is 6.25. The van der Waals surface area contributed by atoms with Crippen LogP contribution >= 0.6 is 0 Å². The predicted octanol–water partition coefficient (Wildman–Crippen LogP) is 13.4. The molecule has 0 unspecified atom stereocenters. The van der Waals surface area contributed by atoms with E-state index in [0.29, 0.717) is 11.9 Å². The zero-order valence-electron chi connectivity index (χ0n) is 32.2. The maximum absolute atomic E-state index is 5.36. The summed E-state index contributed by atoms with van der Waals surface area (Å²) < 4.78 is 4.47. The van der Waals surface area contributed by atoms with E-state index in [-0.39, 0.29) is 0 Å². The molecule has 0 N–H and O–H groups in total. The van der Waals surface area contributed by atoms with Crippen LogP contribution in [0.3, 0.4) is 0 Å². The third-order valence-corrected chi connectivity index (χ3v) is 12.1. The molecular weight excluding hydrogens is 733 g/mol. The predicted molar refractivity (Wildman–Crippen MR) is 246 cm³/mol. The van der Waals surface area contributed by atoms with Gasteiger partial charge in [0.05, 0.1) is 44.5 Å². The van der Waals surface area contributed by atoms with Crippen LogP contribution in [0.2, 0.25) is 0 Å². The maximum Gasteiger partial charge on any atom is 0.235 e. The van der Waals surface area contributed by atoms with E-state index in [1.165, 1.54) is 21.5 Å². The third-order valence-electron chi connectivity index (χ3n) is 12.1. The first kappa shape index (κ1) is 32.8. The number of para-hydroxylation sites is 3. The summed E-state index contributed by atoms with van der Waals surface area (Å²) in [6, 6.07) is 68.4. The average Bonchev–Trinajstić information content (AvgIpc) is 3.84. The summed E-state index contributed by atoms with van der Waals surface area (Å²) in [7, 11) is 0. The molecule has 0 spiro atoms. The van der Waals surface area contributed by atoms with Gasteiger partial charge in [-0.05, 0) is 70.4 Å². The smallest absolute Gasteiger partial charge is 0.235 e. The number of benzene rings is 9. The molecule has 0 saturated carbocycles. The van der Waals surface area contributed by atoms with Crippen molar-refractivity contribution in [3.05, 3.63) is 194 Å². The van der Waals surface area contributed by atoms with Gasteiger partial charge in [0.1, 0.15) is 0 Å². The Kier molecular flexibility index (Phi) is 6.91. The molecule has 0 atom stereocenters. The van der Waals surface area contributed by atoms with Gasteiger partial charge in [-0.3, -0.25) is 9.13 Å². The van der Waals surface area contributed by atoms with Crippen LogP contribution in [0, 0.1) is 0 Å². The van der Waals surface area contributed by atoms with Crippen molar-refractivity contribution in [1.29, 1.82) is 0 Å². The minimum atomic E-state index is 0.646. The Morgan fingerprint density at radius 2 is 0.817 bits per heavy atom. The molecule has 0 fully saturated rings. The van der Waals surface area contributed by atoms with Gasteiger partial charge in [0.25, 0.3) is 0 Å². The molecule has 6 nitrogen and oxygen atoms in total. The Morgan fingerprint density at radius 1 is 0.283 bits per heavy atom. The Balaban J connectivity index is 1.05. The standard InChI is InChI=1S/C54H32N6/c1-3-14-34(15-4-1)51-40-20-7-10-22-43(40)55-53(57-51)59-45-24-12-9-19-39(45)42-31-36(28-29-46(42)59)38-30-37-27-26-33-18-13-25-47-49(33)50(37)48(32-38)60(47)54-56-44-23-11-8-21-41(44)52(58-54)35-16-5-2-6-17-35/h1-32H. The van der Waals surface area contributed by atoms with Crippen molar-refractivity contribution in [2.75, 3.05) is 0 Å². The Labute approximate surface area is 343 Å². The lowest BCUT2D eigenvalue weighted by Gasteiger charge is -2.13. The van der Waals surface area contributed by atoms with Crippen LogP contribution < -0.4 is 0 Å². The number of hydrogen-bond donors (Lipinski definition) is 0. The summed E-state index contributed by atoms with van der Waals surface area (Å²) in [4.78, 5) is 21.1. The van der Waals surface area contributed by atoms with Gasteiger partial charge >= 0.3 is 0 Å². The average molecular weight is 765 g/mol. The number of fused-ring (bicyclic) bond motifs is 5. The molecule has 0 bridgehead atoms. The van der Waals surface area contributed by atoms with Crippen molar-refractivity contribution < 1.29 is 0 Å². The number of aromatic nitrogens is 6. The second kappa shape index (κ2) is 12.6. The number of rotatable bonds is 5. The molecule has 4 aromatic heterocycles. The lowest BCUT2D eigenvalue weighted by atomic mass is 9.96. The summed E-state index contributed by atoms with van der Waals surface area (Å²) in [5.41, 5.74) is 12.3. The van der Waals surface area contributed by atoms with Crippen molar-refractivity contribution in [3.8, 4) is 45.5 Å². The molecular formula is C54H32N6. The van der Waals surface area contributed by atoms with Gasteiger partial charge in [0, 0.05) is 43.4 Å². The number of nitrogens with zero attached hydrogens (tertiary/aromatic N) is 6. The van der Waals surface area contributed by atoms with Crippen LogP contribution in [0.4, 0.5) is 0 Å². The first-order valence-corrected chi connectivity index (χ1v) is 20.2. The second-order valence-corrected chi connectivity index (χ2v) is 15.5. The largest absolute Gasteiger partial charge is 0.278 e. The van der Waals surface area contributed by atoms with E-state index in [9.17, 15) is 0 Å². The summed E-state index contributed by atoms with van der Waals surface area (Å²) in [6.45, 7) is 0. The first-order valence-electron chi connectivity index (χ1n) is 20.2. The fraction of sp³-hybridized carbons (Fsp3) is 0. The summed E-state index contributed by atoms with van der Waals surface area (Å²) in [6.07, 6.45) is 0. The Bertz CT molecular complexity index is 3830. The topological polar surface area (TPSA) is 61.4 Å². The van der Waals surface area contributed by atoms with Crippen molar-refractivity contribution in [1.82, 2.24) is 29.1 Å². The third kappa shape index (κ3) is 4.82. The Hall–Kier alpha value is -8.22.